The molecule has 6 nitrogen and oxygen atoms in total. The van der Waals surface area contributed by atoms with Gasteiger partial charge >= 0.3 is 7.12 Å². The molecule has 68 heavy (non-hydrogen) atoms. The van der Waals surface area contributed by atoms with Gasteiger partial charge < -0.3 is 28.0 Å². The zero-order valence-corrected chi connectivity index (χ0v) is 37.9. The number of furan rings is 2. The van der Waals surface area contributed by atoms with E-state index in [-0.39, 0.29) is 0 Å². The van der Waals surface area contributed by atoms with E-state index in [9.17, 15) is 10.0 Å². The number of rotatable bonds is 5. The Labute approximate surface area is 398 Å². The third kappa shape index (κ3) is 6.33. The minimum atomic E-state index is -1.57. The standard InChI is InChI=1S/C30H20BNO3.C30H18BrNO/c33-31(34)24-12-7-15-28-30(24)23-18-19(16-17-27(23)35-28)21-11-6-14-26-29(21)22-10-4-5-13-25(22)32(26)20-8-2-1-3-9-20;31-24-12-7-15-28-30(24)23-18-19(16-17-27(23)33-28)21-11-6-14-26-29(21)22-10-4-5-13-25(22)32(26)20-8-2-1-3-9-20/h1-18,33-34H;1-18H. The highest BCUT2D eigenvalue weighted by Crippen LogP contribution is 2.43. The van der Waals surface area contributed by atoms with Gasteiger partial charge in [0.05, 0.1) is 22.1 Å². The van der Waals surface area contributed by atoms with Crippen molar-refractivity contribution in [1.29, 1.82) is 0 Å². The van der Waals surface area contributed by atoms with Crippen LogP contribution in [0.2, 0.25) is 0 Å². The Hall–Kier alpha value is -8.14. The molecular weight excluding hydrogens is 903 g/mol. The maximum absolute atomic E-state index is 9.97. The van der Waals surface area contributed by atoms with E-state index >= 15 is 0 Å². The van der Waals surface area contributed by atoms with Crippen molar-refractivity contribution in [3.8, 4) is 33.6 Å². The molecule has 14 aromatic rings. The smallest absolute Gasteiger partial charge is 0.456 e. The normalized spacial score (nSPS) is 11.8. The summed E-state index contributed by atoms with van der Waals surface area (Å²) in [5.74, 6) is 0. The van der Waals surface area contributed by atoms with Crippen LogP contribution in [0.1, 0.15) is 0 Å². The van der Waals surface area contributed by atoms with Crippen LogP contribution >= 0.6 is 15.9 Å². The number of benzene rings is 10. The molecule has 0 aliphatic rings. The summed E-state index contributed by atoms with van der Waals surface area (Å²) in [5.41, 5.74) is 15.2. The first-order valence-electron chi connectivity index (χ1n) is 22.6. The van der Waals surface area contributed by atoms with Crippen LogP contribution in [0.5, 0.6) is 0 Å². The van der Waals surface area contributed by atoms with Crippen molar-refractivity contribution in [3.63, 3.8) is 0 Å². The first kappa shape index (κ1) is 40.2. The monoisotopic (exact) mass is 940 g/mol. The molecule has 0 saturated carbocycles. The lowest BCUT2D eigenvalue weighted by molar-refractivity contribution is 0.426. The number of hydrogen-bond donors (Lipinski definition) is 2. The Kier molecular flexibility index (Phi) is 9.47. The lowest BCUT2D eigenvalue weighted by atomic mass is 9.77. The van der Waals surface area contributed by atoms with Gasteiger partial charge in [0.25, 0.3) is 0 Å². The van der Waals surface area contributed by atoms with Gasteiger partial charge in [0.15, 0.2) is 0 Å². The van der Waals surface area contributed by atoms with E-state index in [1.165, 1.54) is 49.4 Å². The molecular formula is C60H38BBrN2O4. The molecule has 10 aromatic carbocycles. The molecule has 4 heterocycles. The molecule has 0 bridgehead atoms. The molecule has 0 fully saturated rings. The Morgan fingerprint density at radius 2 is 0.794 bits per heavy atom. The topological polar surface area (TPSA) is 76.6 Å². The highest BCUT2D eigenvalue weighted by atomic mass is 79.9. The van der Waals surface area contributed by atoms with Crippen LogP contribution < -0.4 is 5.46 Å². The van der Waals surface area contributed by atoms with E-state index in [2.05, 4.69) is 201 Å². The predicted molar refractivity (Wildman–Crippen MR) is 285 cm³/mol. The lowest BCUT2D eigenvalue weighted by Gasteiger charge is -2.09. The molecule has 0 unspecified atom stereocenters. The average molecular weight is 942 g/mol. The molecule has 0 amide bonds. The molecule has 0 saturated heterocycles. The van der Waals surface area contributed by atoms with Crippen molar-refractivity contribution in [2.45, 2.75) is 0 Å². The summed E-state index contributed by atoms with van der Waals surface area (Å²) in [6.07, 6.45) is 0. The maximum atomic E-state index is 9.97. The van der Waals surface area contributed by atoms with Crippen molar-refractivity contribution >= 4 is 116 Å². The highest BCUT2D eigenvalue weighted by molar-refractivity contribution is 9.10. The highest BCUT2D eigenvalue weighted by Gasteiger charge is 2.22. The summed E-state index contributed by atoms with van der Waals surface area (Å²) in [6, 6.07) is 75.3. The summed E-state index contributed by atoms with van der Waals surface area (Å²) in [6.45, 7) is 0. The van der Waals surface area contributed by atoms with E-state index in [1.807, 2.05) is 30.3 Å². The summed E-state index contributed by atoms with van der Waals surface area (Å²) in [7, 11) is -1.57. The molecule has 4 aromatic heterocycles. The van der Waals surface area contributed by atoms with Crippen molar-refractivity contribution in [2.75, 3.05) is 0 Å². The van der Waals surface area contributed by atoms with Crippen molar-refractivity contribution in [3.05, 3.63) is 223 Å². The molecule has 0 radical (unpaired) electrons. The van der Waals surface area contributed by atoms with Crippen molar-refractivity contribution < 1.29 is 18.9 Å². The first-order valence-corrected chi connectivity index (χ1v) is 23.4. The van der Waals surface area contributed by atoms with E-state index in [0.29, 0.717) is 11.0 Å². The zero-order valence-electron chi connectivity index (χ0n) is 36.3. The summed E-state index contributed by atoms with van der Waals surface area (Å²) in [5, 5.41) is 28.7. The van der Waals surface area contributed by atoms with Gasteiger partial charge in [0, 0.05) is 58.9 Å². The van der Waals surface area contributed by atoms with E-state index in [0.717, 1.165) is 70.6 Å². The Balaban J connectivity index is 0.000000135. The number of nitrogens with zero attached hydrogens (tertiary/aromatic N) is 2. The Morgan fingerprint density at radius 3 is 1.32 bits per heavy atom. The van der Waals surface area contributed by atoms with Crippen LogP contribution in [0.25, 0.3) is 121 Å². The molecule has 0 spiro atoms. The van der Waals surface area contributed by atoms with Crippen LogP contribution in [0, 0.1) is 0 Å². The fourth-order valence-corrected chi connectivity index (χ4v) is 11.0. The van der Waals surface area contributed by atoms with Crippen LogP contribution in [0.15, 0.2) is 232 Å². The third-order valence-corrected chi connectivity index (χ3v) is 14.0. The van der Waals surface area contributed by atoms with Crippen LogP contribution in [-0.2, 0) is 0 Å². The van der Waals surface area contributed by atoms with Gasteiger partial charge in [-0.25, -0.2) is 0 Å². The number of halogens is 1. The SMILES string of the molecule is Brc1cccc2oc3ccc(-c4cccc5c4c4ccccc4n5-c4ccccc4)cc3c12.OB(O)c1cccc2oc3ccc(-c4cccc5c4c4ccccc4n5-c4ccccc4)cc3c12. The second-order valence-electron chi connectivity index (χ2n) is 17.1. The fraction of sp³-hybridized carbons (Fsp3) is 0. The summed E-state index contributed by atoms with van der Waals surface area (Å²) >= 11 is 3.72. The van der Waals surface area contributed by atoms with Gasteiger partial charge in [-0.3, -0.25) is 0 Å². The minimum absolute atomic E-state index is 0.442. The minimum Gasteiger partial charge on any atom is -0.456 e. The molecule has 0 aliphatic heterocycles. The number of para-hydroxylation sites is 4. The van der Waals surface area contributed by atoms with Gasteiger partial charge in [-0.05, 0) is 119 Å². The van der Waals surface area contributed by atoms with E-state index < -0.39 is 7.12 Å². The first-order chi connectivity index (χ1) is 33.5. The lowest BCUT2D eigenvalue weighted by Crippen LogP contribution is -2.30. The Bertz CT molecular complexity index is 4260. The zero-order chi connectivity index (χ0) is 45.5. The summed E-state index contributed by atoms with van der Waals surface area (Å²) in [4.78, 5) is 0. The second kappa shape index (κ2) is 16.0. The van der Waals surface area contributed by atoms with Crippen LogP contribution in [-0.4, -0.2) is 26.3 Å². The van der Waals surface area contributed by atoms with Gasteiger partial charge in [0.1, 0.15) is 22.3 Å². The van der Waals surface area contributed by atoms with Gasteiger partial charge in [0.2, 0.25) is 0 Å². The van der Waals surface area contributed by atoms with E-state index in [1.54, 1.807) is 12.1 Å². The number of hydrogen-bond acceptors (Lipinski definition) is 4. The molecule has 0 aliphatic carbocycles. The Morgan fingerprint density at radius 1 is 0.353 bits per heavy atom. The molecule has 322 valence electrons. The third-order valence-electron chi connectivity index (χ3n) is 13.3. The van der Waals surface area contributed by atoms with Crippen molar-refractivity contribution in [1.82, 2.24) is 9.13 Å². The van der Waals surface area contributed by atoms with E-state index in [4.69, 9.17) is 8.83 Å². The van der Waals surface area contributed by atoms with Crippen LogP contribution in [0.3, 0.4) is 0 Å². The van der Waals surface area contributed by atoms with Gasteiger partial charge in [-0.2, -0.15) is 0 Å². The largest absolute Gasteiger partial charge is 0.489 e. The second-order valence-corrected chi connectivity index (χ2v) is 18.0. The number of fused-ring (bicyclic) bond motifs is 12. The molecule has 14 rings (SSSR count). The summed E-state index contributed by atoms with van der Waals surface area (Å²) < 4.78 is 17.9. The van der Waals surface area contributed by atoms with Gasteiger partial charge in [-0.15, -0.1) is 0 Å². The quantitative estimate of drug-likeness (QED) is 0.169. The van der Waals surface area contributed by atoms with Gasteiger partial charge in [-0.1, -0.05) is 143 Å². The number of aromatic nitrogens is 2. The molecule has 2 N–H and O–H groups in total. The average Bonchev–Trinajstić information content (AvgIpc) is 4.14. The fourth-order valence-electron chi connectivity index (χ4n) is 10.4. The van der Waals surface area contributed by atoms with Crippen molar-refractivity contribution in [2.24, 2.45) is 0 Å². The predicted octanol–water partition coefficient (Wildman–Crippen LogP) is 15.1. The molecule has 8 heteroatoms. The molecule has 0 atom stereocenters. The van der Waals surface area contributed by atoms with Crippen LogP contribution in [0.4, 0.5) is 0 Å². The maximum Gasteiger partial charge on any atom is 0.489 e.